The Morgan fingerprint density at radius 2 is 1.63 bits per heavy atom. The van der Waals surface area contributed by atoms with Crippen LogP contribution in [0.2, 0.25) is 0 Å². The summed E-state index contributed by atoms with van der Waals surface area (Å²) < 4.78 is 5.68. The number of hydrogen-bond acceptors (Lipinski definition) is 3. The molecule has 4 aliphatic rings. The van der Waals surface area contributed by atoms with Gasteiger partial charge in [0.2, 0.25) is 5.91 Å². The van der Waals surface area contributed by atoms with Crippen molar-refractivity contribution in [3.8, 4) is 5.75 Å². The normalized spacial score (nSPS) is 30.9. The molecule has 5 rings (SSSR count). The van der Waals surface area contributed by atoms with Gasteiger partial charge in [0, 0.05) is 18.5 Å². The molecule has 4 nitrogen and oxygen atoms in total. The molecule has 0 unspecified atom stereocenters. The summed E-state index contributed by atoms with van der Waals surface area (Å²) >= 11 is 0. The molecular formula is C23H31NO3. The number of amides is 1. The standard InChI is InChI=1S/C23H31NO3/c1-16(25)20-4-6-21(7-5-20)27-8-2-3-22(26)24-15-23-12-17-9-18(13-23)11-19(10-17)14-23/h4-7,17-19H,2-3,8-15H2,1H3,(H,24,26). The van der Waals surface area contributed by atoms with Crippen molar-refractivity contribution in [1.29, 1.82) is 0 Å². The van der Waals surface area contributed by atoms with Gasteiger partial charge in [-0.15, -0.1) is 0 Å². The van der Waals surface area contributed by atoms with Gasteiger partial charge in [-0.1, -0.05) is 0 Å². The van der Waals surface area contributed by atoms with Gasteiger partial charge in [-0.25, -0.2) is 0 Å². The van der Waals surface area contributed by atoms with Gasteiger partial charge in [0.1, 0.15) is 5.75 Å². The van der Waals surface area contributed by atoms with Crippen molar-refractivity contribution in [3.05, 3.63) is 29.8 Å². The monoisotopic (exact) mass is 369 g/mol. The van der Waals surface area contributed by atoms with Crippen molar-refractivity contribution in [1.82, 2.24) is 5.32 Å². The van der Waals surface area contributed by atoms with Crippen LogP contribution < -0.4 is 10.1 Å². The summed E-state index contributed by atoms with van der Waals surface area (Å²) in [5.74, 6) is 3.73. The quantitative estimate of drug-likeness (QED) is 0.546. The molecule has 146 valence electrons. The first-order valence-electron chi connectivity index (χ1n) is 10.5. The van der Waals surface area contributed by atoms with Crippen molar-refractivity contribution in [2.45, 2.75) is 58.3 Å². The van der Waals surface area contributed by atoms with Gasteiger partial charge in [-0.05, 0) is 99.3 Å². The van der Waals surface area contributed by atoms with Crippen LogP contribution in [0.1, 0.15) is 68.6 Å². The van der Waals surface area contributed by atoms with E-state index in [1.807, 2.05) is 12.1 Å². The number of carbonyl (C=O) groups is 2. The molecule has 4 saturated carbocycles. The first kappa shape index (κ1) is 18.5. The fraction of sp³-hybridized carbons (Fsp3) is 0.652. The highest BCUT2D eigenvalue weighted by molar-refractivity contribution is 5.94. The Balaban J connectivity index is 1.16. The van der Waals surface area contributed by atoms with Gasteiger partial charge in [-0.3, -0.25) is 9.59 Å². The molecule has 1 N–H and O–H groups in total. The average Bonchev–Trinajstić information content (AvgIpc) is 2.63. The van der Waals surface area contributed by atoms with E-state index in [2.05, 4.69) is 5.32 Å². The third-order valence-electron chi connectivity index (χ3n) is 6.90. The van der Waals surface area contributed by atoms with Crippen molar-refractivity contribution < 1.29 is 14.3 Å². The second-order valence-electron chi connectivity index (χ2n) is 9.23. The van der Waals surface area contributed by atoms with Gasteiger partial charge < -0.3 is 10.1 Å². The topological polar surface area (TPSA) is 55.4 Å². The average molecular weight is 370 g/mol. The van der Waals surface area contributed by atoms with Gasteiger partial charge in [0.05, 0.1) is 6.61 Å². The summed E-state index contributed by atoms with van der Waals surface area (Å²) in [5.41, 5.74) is 1.09. The van der Waals surface area contributed by atoms with Gasteiger partial charge in [-0.2, -0.15) is 0 Å². The summed E-state index contributed by atoms with van der Waals surface area (Å²) in [6, 6.07) is 7.17. The fourth-order valence-corrected chi connectivity index (χ4v) is 6.09. The number of nitrogens with one attached hydrogen (secondary N) is 1. The van der Waals surface area contributed by atoms with Crippen LogP contribution in [0.4, 0.5) is 0 Å². The molecule has 0 saturated heterocycles. The Morgan fingerprint density at radius 3 is 2.19 bits per heavy atom. The second-order valence-corrected chi connectivity index (χ2v) is 9.23. The maximum Gasteiger partial charge on any atom is 0.220 e. The number of ether oxygens (including phenoxy) is 1. The molecule has 4 aliphatic carbocycles. The van der Waals surface area contributed by atoms with E-state index in [1.54, 1.807) is 19.1 Å². The van der Waals surface area contributed by atoms with Gasteiger partial charge in [0.15, 0.2) is 5.78 Å². The lowest BCUT2D eigenvalue weighted by Gasteiger charge is -2.56. The zero-order chi connectivity index (χ0) is 18.9. The van der Waals surface area contributed by atoms with Crippen LogP contribution in [-0.4, -0.2) is 24.8 Å². The summed E-state index contributed by atoms with van der Waals surface area (Å²) in [6.45, 7) is 2.95. The molecule has 4 fully saturated rings. The van der Waals surface area contributed by atoms with E-state index in [-0.39, 0.29) is 11.7 Å². The van der Waals surface area contributed by atoms with Crippen LogP contribution in [0.3, 0.4) is 0 Å². The summed E-state index contributed by atoms with van der Waals surface area (Å²) in [7, 11) is 0. The van der Waals surface area contributed by atoms with E-state index in [4.69, 9.17) is 4.74 Å². The maximum absolute atomic E-state index is 12.3. The van der Waals surface area contributed by atoms with Crippen molar-refractivity contribution >= 4 is 11.7 Å². The first-order chi connectivity index (χ1) is 13.0. The molecule has 27 heavy (non-hydrogen) atoms. The van der Waals surface area contributed by atoms with Crippen LogP contribution in [0.5, 0.6) is 5.75 Å². The van der Waals surface area contributed by atoms with Crippen LogP contribution in [0.25, 0.3) is 0 Å². The van der Waals surface area contributed by atoms with E-state index in [9.17, 15) is 9.59 Å². The zero-order valence-corrected chi connectivity index (χ0v) is 16.3. The Labute approximate surface area is 162 Å². The Morgan fingerprint density at radius 1 is 1.04 bits per heavy atom. The Hall–Kier alpha value is -1.84. The predicted molar refractivity (Wildman–Crippen MR) is 105 cm³/mol. The largest absolute Gasteiger partial charge is 0.494 e. The summed E-state index contributed by atoms with van der Waals surface area (Å²) in [6.07, 6.45) is 9.54. The number of rotatable bonds is 8. The second kappa shape index (κ2) is 7.65. The lowest BCUT2D eigenvalue weighted by atomic mass is 9.49. The number of hydrogen-bond donors (Lipinski definition) is 1. The minimum atomic E-state index is 0.0530. The van der Waals surface area contributed by atoms with E-state index in [0.717, 1.165) is 30.0 Å². The van der Waals surface area contributed by atoms with E-state index >= 15 is 0 Å². The van der Waals surface area contributed by atoms with E-state index in [0.29, 0.717) is 30.4 Å². The van der Waals surface area contributed by atoms with Gasteiger partial charge >= 0.3 is 0 Å². The Bertz CT molecular complexity index is 659. The molecule has 0 spiro atoms. The Kier molecular flexibility index (Phi) is 5.25. The maximum atomic E-state index is 12.3. The third kappa shape index (κ3) is 4.36. The predicted octanol–water partition coefficient (Wildman–Crippen LogP) is 4.38. The molecule has 0 atom stereocenters. The molecule has 0 aliphatic heterocycles. The molecule has 1 aromatic carbocycles. The first-order valence-corrected chi connectivity index (χ1v) is 10.5. The van der Waals surface area contributed by atoms with Crippen LogP contribution in [0, 0.1) is 23.2 Å². The molecule has 4 bridgehead atoms. The van der Waals surface area contributed by atoms with Crippen molar-refractivity contribution in [2.75, 3.05) is 13.2 Å². The molecule has 1 aromatic rings. The van der Waals surface area contributed by atoms with Crippen molar-refractivity contribution in [3.63, 3.8) is 0 Å². The molecule has 4 heteroatoms. The number of carbonyl (C=O) groups excluding carboxylic acids is 2. The molecule has 0 heterocycles. The SMILES string of the molecule is CC(=O)c1ccc(OCCCC(=O)NCC23CC4CC(CC(C4)C2)C3)cc1. The lowest BCUT2D eigenvalue weighted by molar-refractivity contribution is -0.123. The molecule has 0 aromatic heterocycles. The van der Waals surface area contributed by atoms with E-state index < -0.39 is 0 Å². The van der Waals surface area contributed by atoms with Crippen LogP contribution >= 0.6 is 0 Å². The highest BCUT2D eigenvalue weighted by Crippen LogP contribution is 2.59. The lowest BCUT2D eigenvalue weighted by Crippen LogP contribution is -2.51. The minimum Gasteiger partial charge on any atom is -0.494 e. The highest BCUT2D eigenvalue weighted by atomic mass is 16.5. The molecular weight excluding hydrogens is 338 g/mol. The fourth-order valence-electron chi connectivity index (χ4n) is 6.09. The van der Waals surface area contributed by atoms with Crippen molar-refractivity contribution in [2.24, 2.45) is 23.2 Å². The zero-order valence-electron chi connectivity index (χ0n) is 16.3. The minimum absolute atomic E-state index is 0.0530. The van der Waals surface area contributed by atoms with Gasteiger partial charge in [0.25, 0.3) is 0 Å². The summed E-state index contributed by atoms with van der Waals surface area (Å²) in [4.78, 5) is 23.5. The van der Waals surface area contributed by atoms with Crippen LogP contribution in [-0.2, 0) is 4.79 Å². The van der Waals surface area contributed by atoms with E-state index in [1.165, 1.54) is 38.5 Å². The number of Topliss-reactive ketones (excluding diaryl/α,β-unsaturated/α-hetero) is 1. The smallest absolute Gasteiger partial charge is 0.220 e. The molecule has 1 amide bonds. The molecule has 0 radical (unpaired) electrons. The number of ketones is 1. The summed E-state index contributed by atoms with van der Waals surface area (Å²) in [5, 5.41) is 3.23. The number of benzene rings is 1. The van der Waals surface area contributed by atoms with Crippen LogP contribution in [0.15, 0.2) is 24.3 Å². The highest BCUT2D eigenvalue weighted by Gasteiger charge is 2.50. The third-order valence-corrected chi connectivity index (χ3v) is 6.90.